The van der Waals surface area contributed by atoms with Gasteiger partial charge in [0.15, 0.2) is 5.43 Å². The maximum Gasteiger partial charge on any atom is 0.524 e. The van der Waals surface area contributed by atoms with Crippen LogP contribution in [0.1, 0.15) is 17.9 Å². The number of fused-ring (bicyclic) bond motifs is 1. The molecule has 1 aromatic heterocycles. The Labute approximate surface area is 187 Å². The fourth-order valence-corrected chi connectivity index (χ4v) is 4.83. The van der Waals surface area contributed by atoms with Crippen LogP contribution in [0.3, 0.4) is 0 Å². The summed E-state index contributed by atoms with van der Waals surface area (Å²) in [5.41, 5.74) is -0.143. The highest BCUT2D eigenvalue weighted by Gasteiger charge is 2.36. The second kappa shape index (κ2) is 8.51. The molecular weight excluding hydrogens is 461 g/mol. The highest BCUT2D eigenvalue weighted by Crippen LogP contribution is 2.47. The summed E-state index contributed by atoms with van der Waals surface area (Å²) in [6.45, 7) is 1.03. The van der Waals surface area contributed by atoms with Crippen molar-refractivity contribution < 1.29 is 38.4 Å². The summed E-state index contributed by atoms with van der Waals surface area (Å²) in [7, 11) is -3.11. The Morgan fingerprint density at radius 3 is 2.62 bits per heavy atom. The normalized spacial score (nSPS) is 21.6. The predicted molar refractivity (Wildman–Crippen MR) is 117 cm³/mol. The molecule has 5 N–H and O–H groups in total. The van der Waals surface area contributed by atoms with Crippen LogP contribution in [0.4, 0.5) is 0 Å². The number of aliphatic hydroxyl groups excluding tert-OH is 1. The third-order valence-electron chi connectivity index (χ3n) is 5.61. The number of quaternary nitrogens is 1. The van der Waals surface area contributed by atoms with Crippen LogP contribution in [0.15, 0.2) is 45.6 Å². The molecule has 1 aliphatic rings. The zero-order chi connectivity index (χ0) is 23.2. The number of aromatic hydroxyl groups is 1. The van der Waals surface area contributed by atoms with Crippen LogP contribution < -0.4 is 14.9 Å². The van der Waals surface area contributed by atoms with Crippen molar-refractivity contribution in [3.8, 4) is 22.8 Å². The fraction of sp³-hybridized carbons (Fsp3) is 0.286. The first kappa shape index (κ1) is 22.8. The van der Waals surface area contributed by atoms with Gasteiger partial charge in [0.25, 0.3) is 0 Å². The number of phenolic OH excluding ortho intramolecular Hbond substituents is 1. The second-order valence-electron chi connectivity index (χ2n) is 7.92. The van der Waals surface area contributed by atoms with Crippen LogP contribution in [0.5, 0.6) is 11.5 Å². The Kier molecular flexibility index (Phi) is 6.06. The molecule has 0 bridgehead atoms. The third-order valence-corrected chi connectivity index (χ3v) is 6.38. The second-order valence-corrected chi connectivity index (χ2v) is 9.49. The van der Waals surface area contributed by atoms with E-state index in [-0.39, 0.29) is 28.0 Å². The lowest BCUT2D eigenvalue weighted by Gasteiger charge is -2.32. The zero-order valence-electron chi connectivity index (χ0n) is 17.0. The molecule has 2 aromatic carbocycles. The van der Waals surface area contributed by atoms with Crippen LogP contribution in [0.2, 0.25) is 5.02 Å². The number of aliphatic hydroxyl groups is 1. The van der Waals surface area contributed by atoms with Crippen molar-refractivity contribution in [3.05, 3.63) is 57.2 Å². The zero-order valence-corrected chi connectivity index (χ0v) is 18.6. The van der Waals surface area contributed by atoms with Gasteiger partial charge in [-0.3, -0.25) is 14.6 Å². The van der Waals surface area contributed by atoms with E-state index in [4.69, 9.17) is 20.5 Å². The van der Waals surface area contributed by atoms with Crippen molar-refractivity contribution in [1.82, 2.24) is 0 Å². The number of hydrogen-bond donors (Lipinski definition) is 5. The fourth-order valence-electron chi connectivity index (χ4n) is 4.19. The van der Waals surface area contributed by atoms with Crippen LogP contribution in [-0.4, -0.2) is 46.2 Å². The molecule has 1 fully saturated rings. The van der Waals surface area contributed by atoms with Gasteiger partial charge in [-0.05, 0) is 12.1 Å². The number of nitrogens with one attached hydrogen (secondary N) is 1. The Balaban J connectivity index is 2.05. The molecule has 3 aromatic rings. The minimum atomic E-state index is -5.02. The molecule has 0 spiro atoms. The van der Waals surface area contributed by atoms with Crippen molar-refractivity contribution in [2.75, 3.05) is 20.1 Å². The number of likely N-dealkylation sites (N-methyl/N-ethyl adjacent to an activating group) is 1. The SMILES string of the molecule is C[NH+]1CCC(c2c(OP(=O)(O)O)cc(O)c3c(=O)cc(-c4ccccc4Cl)oc23)[C@H](O)C1. The van der Waals surface area contributed by atoms with Gasteiger partial charge in [0, 0.05) is 35.6 Å². The standard InChI is InChI=1S/C21H21ClNO8P/c1-23-7-6-12(16(26)10-23)19-18(31-32(27,28)29)9-15(25)20-14(24)8-17(30-21(19)20)11-4-2-3-5-13(11)22/h2-5,8-9,12,16,25-26H,6-7,10H2,1H3,(H2,27,28,29)/p+1/t12?,16-/m1/s1. The van der Waals surface area contributed by atoms with Crippen LogP contribution in [0, 0.1) is 0 Å². The molecule has 170 valence electrons. The van der Waals surface area contributed by atoms with Gasteiger partial charge in [-0.15, -0.1) is 0 Å². The highest BCUT2D eigenvalue weighted by atomic mass is 35.5. The lowest BCUT2D eigenvalue weighted by Crippen LogP contribution is -3.11. The summed E-state index contributed by atoms with van der Waals surface area (Å²) in [5, 5.41) is 21.4. The van der Waals surface area contributed by atoms with Crippen molar-refractivity contribution >= 4 is 30.4 Å². The maximum atomic E-state index is 12.9. The Morgan fingerprint density at radius 1 is 1.25 bits per heavy atom. The van der Waals surface area contributed by atoms with Gasteiger partial charge in [0.2, 0.25) is 0 Å². The van der Waals surface area contributed by atoms with E-state index in [9.17, 15) is 29.4 Å². The number of rotatable bonds is 4. The molecule has 0 aliphatic carbocycles. The summed E-state index contributed by atoms with van der Waals surface area (Å²) in [6, 6.07) is 8.85. The smallest absolute Gasteiger partial charge is 0.507 e. The van der Waals surface area contributed by atoms with E-state index in [1.807, 2.05) is 7.05 Å². The lowest BCUT2D eigenvalue weighted by atomic mass is 9.85. The first-order chi connectivity index (χ1) is 15.0. The van der Waals surface area contributed by atoms with Crippen LogP contribution in [0.25, 0.3) is 22.3 Å². The molecular formula is C21H22ClNO8P+. The van der Waals surface area contributed by atoms with Crippen molar-refractivity contribution in [3.63, 3.8) is 0 Å². The van der Waals surface area contributed by atoms with Crippen LogP contribution >= 0.6 is 19.4 Å². The molecule has 0 radical (unpaired) electrons. The molecule has 11 heteroatoms. The van der Waals surface area contributed by atoms with E-state index >= 15 is 0 Å². The van der Waals surface area contributed by atoms with Gasteiger partial charge in [0.1, 0.15) is 40.9 Å². The summed E-state index contributed by atoms with van der Waals surface area (Å²) in [6.07, 6.45) is -0.463. The Bertz CT molecular complexity index is 1290. The molecule has 2 unspecified atom stereocenters. The molecule has 32 heavy (non-hydrogen) atoms. The van der Waals surface area contributed by atoms with Crippen LogP contribution in [-0.2, 0) is 4.57 Å². The van der Waals surface area contributed by atoms with E-state index in [0.29, 0.717) is 30.1 Å². The lowest BCUT2D eigenvalue weighted by molar-refractivity contribution is -0.888. The van der Waals surface area contributed by atoms with Gasteiger partial charge in [0.05, 0.1) is 18.6 Å². The largest absolute Gasteiger partial charge is 0.524 e. The first-order valence-electron chi connectivity index (χ1n) is 9.88. The Morgan fingerprint density at radius 2 is 1.97 bits per heavy atom. The monoisotopic (exact) mass is 482 g/mol. The number of halogens is 1. The molecule has 1 saturated heterocycles. The average molecular weight is 483 g/mol. The number of phosphoric ester groups is 1. The number of benzene rings is 2. The first-order valence-corrected chi connectivity index (χ1v) is 11.8. The van der Waals surface area contributed by atoms with Gasteiger partial charge in [-0.2, -0.15) is 0 Å². The molecule has 3 atom stereocenters. The van der Waals surface area contributed by atoms with Crippen molar-refractivity contribution in [1.29, 1.82) is 0 Å². The summed E-state index contributed by atoms with van der Waals surface area (Å²) < 4.78 is 22.5. The van der Waals surface area contributed by atoms with E-state index in [1.54, 1.807) is 24.3 Å². The topological polar surface area (TPSA) is 142 Å². The number of phosphoric acid groups is 1. The average Bonchev–Trinajstić information content (AvgIpc) is 2.68. The number of phenols is 1. The molecule has 1 aliphatic heterocycles. The molecule has 0 amide bonds. The summed E-state index contributed by atoms with van der Waals surface area (Å²) >= 11 is 6.26. The third kappa shape index (κ3) is 4.41. The maximum absolute atomic E-state index is 12.9. The van der Waals surface area contributed by atoms with Crippen molar-refractivity contribution in [2.45, 2.75) is 18.4 Å². The molecule has 2 heterocycles. The van der Waals surface area contributed by atoms with E-state index in [0.717, 1.165) is 11.0 Å². The van der Waals surface area contributed by atoms with Gasteiger partial charge in [-0.25, -0.2) is 4.57 Å². The summed E-state index contributed by atoms with van der Waals surface area (Å²) in [5.74, 6) is -1.45. The highest BCUT2D eigenvalue weighted by molar-refractivity contribution is 7.46. The van der Waals surface area contributed by atoms with Gasteiger partial charge >= 0.3 is 7.82 Å². The predicted octanol–water partition coefficient (Wildman–Crippen LogP) is 1.65. The molecule has 9 nitrogen and oxygen atoms in total. The van der Waals surface area contributed by atoms with E-state index < -0.39 is 31.0 Å². The molecule has 4 rings (SSSR count). The Hall–Kier alpha value is -2.39. The van der Waals surface area contributed by atoms with Crippen molar-refractivity contribution in [2.24, 2.45) is 0 Å². The summed E-state index contributed by atoms with van der Waals surface area (Å²) in [4.78, 5) is 32.9. The van der Waals surface area contributed by atoms with Gasteiger partial charge < -0.3 is 24.1 Å². The minimum Gasteiger partial charge on any atom is -0.507 e. The molecule has 0 saturated carbocycles. The quantitative estimate of drug-likeness (QED) is 0.353. The number of likely N-dealkylation sites (tertiary alicyclic amines) is 1. The number of hydrogen-bond acceptors (Lipinski definition) is 6. The van der Waals surface area contributed by atoms with E-state index in [2.05, 4.69) is 0 Å². The minimum absolute atomic E-state index is 0.107. The van der Waals surface area contributed by atoms with E-state index in [1.165, 1.54) is 6.07 Å². The number of piperidine rings is 1. The van der Waals surface area contributed by atoms with Gasteiger partial charge in [-0.1, -0.05) is 23.7 Å².